The molecule has 0 unspecified atom stereocenters. The van der Waals surface area contributed by atoms with Crippen molar-refractivity contribution in [2.24, 2.45) is 12.0 Å². The molecular weight excluding hydrogens is 290 g/mol. The minimum Gasteiger partial charge on any atom is -0.492 e. The quantitative estimate of drug-likeness (QED) is 0.465. The molecule has 1 aromatic carbocycles. The van der Waals surface area contributed by atoms with Crippen LogP contribution in [0.5, 0.6) is 5.75 Å². The number of rotatable bonds is 7. The van der Waals surface area contributed by atoms with E-state index in [0.717, 1.165) is 23.8 Å². The Morgan fingerprint density at radius 1 is 1.26 bits per heavy atom. The second-order valence-corrected chi connectivity index (χ2v) is 5.31. The second kappa shape index (κ2) is 8.82. The Labute approximate surface area is 137 Å². The lowest BCUT2D eigenvalue weighted by Gasteiger charge is -2.12. The summed E-state index contributed by atoms with van der Waals surface area (Å²) in [4.78, 5) is 4.54. The van der Waals surface area contributed by atoms with Crippen LogP contribution in [0.15, 0.2) is 41.7 Å². The van der Waals surface area contributed by atoms with Crippen molar-refractivity contribution >= 4 is 5.96 Å². The summed E-state index contributed by atoms with van der Waals surface area (Å²) in [5.74, 6) is 1.67. The minimum absolute atomic E-state index is 0.584. The summed E-state index contributed by atoms with van der Waals surface area (Å²) in [6, 6.07) is 8.05. The van der Waals surface area contributed by atoms with Crippen LogP contribution in [-0.4, -0.2) is 35.4 Å². The lowest BCUT2D eigenvalue weighted by Crippen LogP contribution is -2.39. The van der Waals surface area contributed by atoms with Crippen LogP contribution in [0.25, 0.3) is 0 Å². The van der Waals surface area contributed by atoms with Gasteiger partial charge in [-0.3, -0.25) is 4.68 Å². The van der Waals surface area contributed by atoms with E-state index in [1.165, 1.54) is 5.56 Å². The van der Waals surface area contributed by atoms with Crippen LogP contribution < -0.4 is 15.4 Å². The van der Waals surface area contributed by atoms with Gasteiger partial charge in [0, 0.05) is 25.4 Å². The van der Waals surface area contributed by atoms with Gasteiger partial charge in [-0.15, -0.1) is 0 Å². The number of aryl methyl sites for hydroxylation is 2. The molecule has 6 heteroatoms. The molecule has 6 nitrogen and oxygen atoms in total. The molecule has 2 N–H and O–H groups in total. The van der Waals surface area contributed by atoms with Gasteiger partial charge in [-0.05, 0) is 26.0 Å². The van der Waals surface area contributed by atoms with Crippen LogP contribution in [0.4, 0.5) is 0 Å². The molecule has 0 spiro atoms. The Morgan fingerprint density at radius 2 is 2.04 bits per heavy atom. The first-order valence-electron chi connectivity index (χ1n) is 7.86. The van der Waals surface area contributed by atoms with E-state index in [9.17, 15) is 0 Å². The Bertz CT molecular complexity index is 618. The molecule has 0 fully saturated rings. The van der Waals surface area contributed by atoms with E-state index in [-0.39, 0.29) is 0 Å². The van der Waals surface area contributed by atoms with Gasteiger partial charge in [0.15, 0.2) is 5.96 Å². The molecule has 0 radical (unpaired) electrons. The maximum Gasteiger partial charge on any atom is 0.191 e. The van der Waals surface area contributed by atoms with Gasteiger partial charge in [-0.2, -0.15) is 5.10 Å². The molecule has 1 heterocycles. The first-order chi connectivity index (χ1) is 11.2. The summed E-state index contributed by atoms with van der Waals surface area (Å²) in [5, 5.41) is 10.6. The largest absolute Gasteiger partial charge is 0.492 e. The van der Waals surface area contributed by atoms with E-state index < -0.39 is 0 Å². The summed E-state index contributed by atoms with van der Waals surface area (Å²) >= 11 is 0. The Morgan fingerprint density at radius 3 is 2.70 bits per heavy atom. The molecule has 0 saturated heterocycles. The highest BCUT2D eigenvalue weighted by atomic mass is 16.5. The molecule has 124 valence electrons. The highest BCUT2D eigenvalue weighted by Gasteiger charge is 1.99. The van der Waals surface area contributed by atoms with Gasteiger partial charge in [0.1, 0.15) is 12.4 Å². The summed E-state index contributed by atoms with van der Waals surface area (Å²) in [6.45, 7) is 6.80. The van der Waals surface area contributed by atoms with Gasteiger partial charge in [0.05, 0.1) is 19.3 Å². The monoisotopic (exact) mass is 315 g/mol. The number of hydrogen-bond acceptors (Lipinski definition) is 3. The van der Waals surface area contributed by atoms with Gasteiger partial charge >= 0.3 is 0 Å². The van der Waals surface area contributed by atoms with Crippen molar-refractivity contribution in [3.63, 3.8) is 0 Å². The third-order valence-electron chi connectivity index (χ3n) is 3.21. The van der Waals surface area contributed by atoms with E-state index in [4.69, 9.17) is 4.74 Å². The van der Waals surface area contributed by atoms with Gasteiger partial charge in [-0.1, -0.05) is 17.7 Å². The van der Waals surface area contributed by atoms with E-state index >= 15 is 0 Å². The maximum atomic E-state index is 5.70. The fourth-order valence-corrected chi connectivity index (χ4v) is 2.04. The Kier molecular flexibility index (Phi) is 6.47. The molecule has 2 aromatic rings. The van der Waals surface area contributed by atoms with Gasteiger partial charge in [0.25, 0.3) is 0 Å². The summed E-state index contributed by atoms with van der Waals surface area (Å²) in [7, 11) is 1.90. The molecule has 2 rings (SSSR count). The van der Waals surface area contributed by atoms with E-state index in [1.54, 1.807) is 4.68 Å². The summed E-state index contributed by atoms with van der Waals surface area (Å²) in [6.07, 6.45) is 3.79. The standard InChI is InChI=1S/C17H25N5O/c1-4-18-17(20-11-15-12-21-22(3)13-15)19-9-10-23-16-7-5-14(2)6-8-16/h5-8,12-13H,4,9-11H2,1-3H3,(H2,18,19,20). The molecule has 0 saturated carbocycles. The number of nitrogens with one attached hydrogen (secondary N) is 2. The number of hydrogen-bond donors (Lipinski definition) is 2. The lowest BCUT2D eigenvalue weighted by molar-refractivity contribution is 0.322. The zero-order chi connectivity index (χ0) is 16.5. The molecule has 0 amide bonds. The average molecular weight is 315 g/mol. The molecule has 1 aromatic heterocycles. The molecule has 0 bridgehead atoms. The summed E-state index contributed by atoms with van der Waals surface area (Å²) < 4.78 is 7.48. The number of nitrogens with zero attached hydrogens (tertiary/aromatic N) is 3. The zero-order valence-corrected chi connectivity index (χ0v) is 14.0. The molecule has 0 atom stereocenters. The van der Waals surface area contributed by atoms with Gasteiger partial charge < -0.3 is 15.4 Å². The fraction of sp³-hybridized carbons (Fsp3) is 0.412. The molecular formula is C17H25N5O. The van der Waals surface area contributed by atoms with Crippen LogP contribution in [0, 0.1) is 6.92 Å². The van der Waals surface area contributed by atoms with Crippen molar-refractivity contribution in [3.05, 3.63) is 47.8 Å². The van der Waals surface area contributed by atoms with Crippen molar-refractivity contribution in [1.82, 2.24) is 20.4 Å². The molecule has 0 aliphatic rings. The Hall–Kier alpha value is -2.50. The first-order valence-corrected chi connectivity index (χ1v) is 7.86. The summed E-state index contributed by atoms with van der Waals surface area (Å²) in [5.41, 5.74) is 2.31. The van der Waals surface area contributed by atoms with Gasteiger partial charge in [0.2, 0.25) is 0 Å². The van der Waals surface area contributed by atoms with Crippen LogP contribution in [0.1, 0.15) is 18.1 Å². The van der Waals surface area contributed by atoms with Crippen molar-refractivity contribution in [1.29, 1.82) is 0 Å². The molecule has 0 aliphatic carbocycles. The van der Waals surface area contributed by atoms with Crippen molar-refractivity contribution in [2.45, 2.75) is 20.4 Å². The predicted octanol–water partition coefficient (Wildman–Crippen LogP) is 1.86. The van der Waals surface area contributed by atoms with Crippen LogP contribution >= 0.6 is 0 Å². The normalized spacial score (nSPS) is 11.3. The third-order valence-corrected chi connectivity index (χ3v) is 3.21. The van der Waals surface area contributed by atoms with Crippen molar-refractivity contribution in [3.8, 4) is 5.75 Å². The number of ether oxygens (including phenoxy) is 1. The van der Waals surface area contributed by atoms with Gasteiger partial charge in [-0.25, -0.2) is 4.99 Å². The lowest BCUT2D eigenvalue weighted by atomic mass is 10.2. The number of guanidine groups is 1. The fourth-order valence-electron chi connectivity index (χ4n) is 2.04. The third kappa shape index (κ3) is 6.02. The topological polar surface area (TPSA) is 63.5 Å². The van der Waals surface area contributed by atoms with Crippen LogP contribution in [0.2, 0.25) is 0 Å². The zero-order valence-electron chi connectivity index (χ0n) is 14.0. The highest BCUT2D eigenvalue weighted by molar-refractivity contribution is 5.79. The maximum absolute atomic E-state index is 5.70. The SMILES string of the molecule is CCNC(=NCc1cnn(C)c1)NCCOc1ccc(C)cc1. The average Bonchev–Trinajstić information content (AvgIpc) is 2.96. The minimum atomic E-state index is 0.584. The van der Waals surface area contributed by atoms with E-state index in [2.05, 4.69) is 27.6 Å². The van der Waals surface area contributed by atoms with Crippen LogP contribution in [0.3, 0.4) is 0 Å². The number of aliphatic imine (C=N–C) groups is 1. The van der Waals surface area contributed by atoms with E-state index in [1.807, 2.05) is 50.6 Å². The highest BCUT2D eigenvalue weighted by Crippen LogP contribution is 2.10. The molecule has 23 heavy (non-hydrogen) atoms. The predicted molar refractivity (Wildman–Crippen MR) is 92.7 cm³/mol. The van der Waals surface area contributed by atoms with Crippen molar-refractivity contribution in [2.75, 3.05) is 19.7 Å². The van der Waals surface area contributed by atoms with Crippen LogP contribution in [-0.2, 0) is 13.6 Å². The van der Waals surface area contributed by atoms with Crippen molar-refractivity contribution < 1.29 is 4.74 Å². The Balaban J connectivity index is 1.76. The number of aromatic nitrogens is 2. The van der Waals surface area contributed by atoms with E-state index in [0.29, 0.717) is 19.7 Å². The smallest absolute Gasteiger partial charge is 0.191 e. The second-order valence-electron chi connectivity index (χ2n) is 5.31. The molecule has 0 aliphatic heterocycles. The number of benzene rings is 1. The first kappa shape index (κ1) is 16.9.